The minimum absolute atomic E-state index is 0.818. The van der Waals surface area contributed by atoms with E-state index in [-0.39, 0.29) is 0 Å². The summed E-state index contributed by atoms with van der Waals surface area (Å²) in [4.78, 5) is 4.16. The second-order valence-corrected chi connectivity index (χ2v) is 3.59. The van der Waals surface area contributed by atoms with Crippen LogP contribution < -0.4 is 5.32 Å². The summed E-state index contributed by atoms with van der Waals surface area (Å²) in [5.41, 5.74) is 3.54. The molecule has 0 bridgehead atoms. The number of rotatable bonds is 3. The zero-order chi connectivity index (χ0) is 10.5. The lowest BCUT2D eigenvalue weighted by molar-refractivity contribution is 1.10. The summed E-state index contributed by atoms with van der Waals surface area (Å²) in [5.74, 6) is 0. The van der Waals surface area contributed by atoms with E-state index in [0.29, 0.717) is 0 Å². The molecule has 0 saturated carbocycles. The predicted octanol–water partition coefficient (Wildman–Crippen LogP) is 3.00. The topological polar surface area (TPSA) is 24.9 Å². The normalized spacial score (nSPS) is 9.93. The van der Waals surface area contributed by atoms with Crippen molar-refractivity contribution in [1.82, 2.24) is 4.98 Å². The summed E-state index contributed by atoms with van der Waals surface area (Å²) in [6, 6.07) is 12.3. The number of aryl methyl sites for hydroxylation is 1. The monoisotopic (exact) mass is 198 g/mol. The van der Waals surface area contributed by atoms with E-state index in [2.05, 4.69) is 35.4 Å². The fraction of sp³-hybridized carbons (Fsp3) is 0.154. The van der Waals surface area contributed by atoms with Crippen LogP contribution in [0.5, 0.6) is 0 Å². The van der Waals surface area contributed by atoms with Gasteiger partial charge in [-0.25, -0.2) is 0 Å². The van der Waals surface area contributed by atoms with Crippen molar-refractivity contribution in [1.29, 1.82) is 0 Å². The van der Waals surface area contributed by atoms with Crippen LogP contribution in [-0.4, -0.2) is 4.98 Å². The molecule has 0 saturated heterocycles. The molecule has 0 fully saturated rings. The molecule has 2 heteroatoms. The molecule has 0 aliphatic carbocycles. The van der Waals surface area contributed by atoms with Gasteiger partial charge in [0.2, 0.25) is 0 Å². The van der Waals surface area contributed by atoms with Gasteiger partial charge in [0, 0.05) is 24.6 Å². The molecule has 0 amide bonds. The first-order valence-electron chi connectivity index (χ1n) is 5.04. The molecule has 0 aliphatic heterocycles. The van der Waals surface area contributed by atoms with E-state index < -0.39 is 0 Å². The average molecular weight is 198 g/mol. The summed E-state index contributed by atoms with van der Waals surface area (Å²) < 4.78 is 0. The molecular formula is C13H14N2. The Morgan fingerprint density at radius 2 is 1.93 bits per heavy atom. The van der Waals surface area contributed by atoms with Gasteiger partial charge in [-0.2, -0.15) is 0 Å². The molecule has 15 heavy (non-hydrogen) atoms. The van der Waals surface area contributed by atoms with Crippen molar-refractivity contribution >= 4 is 5.69 Å². The maximum Gasteiger partial charge on any atom is 0.0416 e. The number of benzene rings is 1. The van der Waals surface area contributed by atoms with Crippen LogP contribution in [0.1, 0.15) is 11.1 Å². The van der Waals surface area contributed by atoms with Gasteiger partial charge in [-0.1, -0.05) is 24.3 Å². The van der Waals surface area contributed by atoms with Crippen molar-refractivity contribution in [2.45, 2.75) is 13.5 Å². The minimum atomic E-state index is 0.818. The molecule has 1 N–H and O–H groups in total. The highest BCUT2D eigenvalue weighted by Gasteiger charge is 1.94. The number of nitrogens with one attached hydrogen (secondary N) is 1. The van der Waals surface area contributed by atoms with E-state index in [0.717, 1.165) is 12.2 Å². The number of para-hydroxylation sites is 1. The Kier molecular flexibility index (Phi) is 2.98. The summed E-state index contributed by atoms with van der Waals surface area (Å²) in [6.45, 7) is 2.87. The van der Waals surface area contributed by atoms with Crippen LogP contribution in [0.15, 0.2) is 48.8 Å². The van der Waals surface area contributed by atoms with Gasteiger partial charge in [-0.3, -0.25) is 4.98 Å². The standard InChI is InChI=1S/C13H14N2/c1-11-7-12(9-14-8-11)10-15-13-5-3-2-4-6-13/h2-9,15H,10H2,1H3. The van der Waals surface area contributed by atoms with Crippen LogP contribution in [0.4, 0.5) is 5.69 Å². The minimum Gasteiger partial charge on any atom is -0.381 e. The molecule has 0 radical (unpaired) electrons. The highest BCUT2D eigenvalue weighted by atomic mass is 14.9. The van der Waals surface area contributed by atoms with Crippen LogP contribution in [0.25, 0.3) is 0 Å². The van der Waals surface area contributed by atoms with Gasteiger partial charge in [-0.15, -0.1) is 0 Å². The summed E-state index contributed by atoms with van der Waals surface area (Å²) in [7, 11) is 0. The SMILES string of the molecule is Cc1cncc(CNc2ccccc2)c1. The Labute approximate surface area is 90.0 Å². The molecule has 1 aromatic carbocycles. The first-order valence-corrected chi connectivity index (χ1v) is 5.04. The second-order valence-electron chi connectivity index (χ2n) is 3.59. The van der Waals surface area contributed by atoms with Gasteiger partial charge < -0.3 is 5.32 Å². The Morgan fingerprint density at radius 1 is 1.13 bits per heavy atom. The molecule has 0 unspecified atom stereocenters. The third-order valence-corrected chi connectivity index (χ3v) is 2.20. The van der Waals surface area contributed by atoms with E-state index >= 15 is 0 Å². The number of anilines is 1. The summed E-state index contributed by atoms with van der Waals surface area (Å²) in [6.07, 6.45) is 3.76. The first-order chi connectivity index (χ1) is 7.34. The highest BCUT2D eigenvalue weighted by molar-refractivity contribution is 5.43. The maximum absolute atomic E-state index is 4.16. The zero-order valence-electron chi connectivity index (χ0n) is 8.77. The Hall–Kier alpha value is -1.83. The van der Waals surface area contributed by atoms with E-state index in [4.69, 9.17) is 0 Å². The number of pyridine rings is 1. The van der Waals surface area contributed by atoms with Crippen LogP contribution in [0, 0.1) is 6.92 Å². The van der Waals surface area contributed by atoms with Crippen LogP contribution >= 0.6 is 0 Å². The number of hydrogen-bond donors (Lipinski definition) is 1. The maximum atomic E-state index is 4.16. The van der Waals surface area contributed by atoms with Gasteiger partial charge >= 0.3 is 0 Å². The van der Waals surface area contributed by atoms with E-state index in [1.165, 1.54) is 11.1 Å². The Balaban J connectivity index is 1.99. The quantitative estimate of drug-likeness (QED) is 0.820. The van der Waals surface area contributed by atoms with Crippen molar-refractivity contribution in [3.05, 3.63) is 59.9 Å². The third kappa shape index (κ3) is 2.81. The van der Waals surface area contributed by atoms with Crippen molar-refractivity contribution < 1.29 is 0 Å². The molecular weight excluding hydrogens is 184 g/mol. The van der Waals surface area contributed by atoms with Crippen molar-refractivity contribution in [2.24, 2.45) is 0 Å². The third-order valence-electron chi connectivity index (χ3n) is 2.20. The lowest BCUT2D eigenvalue weighted by atomic mass is 10.2. The molecule has 76 valence electrons. The molecule has 0 atom stereocenters. The molecule has 0 aliphatic rings. The van der Waals surface area contributed by atoms with Gasteiger partial charge in [0.1, 0.15) is 0 Å². The van der Waals surface area contributed by atoms with Crippen molar-refractivity contribution in [3.63, 3.8) is 0 Å². The summed E-state index contributed by atoms with van der Waals surface area (Å²) >= 11 is 0. The Morgan fingerprint density at radius 3 is 2.67 bits per heavy atom. The Bertz CT molecular complexity index is 424. The largest absolute Gasteiger partial charge is 0.381 e. The second kappa shape index (κ2) is 4.60. The lowest BCUT2D eigenvalue weighted by Crippen LogP contribution is -1.99. The smallest absolute Gasteiger partial charge is 0.0416 e. The lowest BCUT2D eigenvalue weighted by Gasteiger charge is -2.06. The molecule has 2 aromatic rings. The van der Waals surface area contributed by atoms with E-state index in [1.807, 2.05) is 30.6 Å². The van der Waals surface area contributed by atoms with Gasteiger partial charge in [0.15, 0.2) is 0 Å². The van der Waals surface area contributed by atoms with Crippen LogP contribution in [0.3, 0.4) is 0 Å². The van der Waals surface area contributed by atoms with Gasteiger partial charge in [-0.05, 0) is 30.2 Å². The molecule has 2 nitrogen and oxygen atoms in total. The zero-order valence-corrected chi connectivity index (χ0v) is 8.77. The van der Waals surface area contributed by atoms with Crippen molar-refractivity contribution in [3.8, 4) is 0 Å². The first kappa shape index (κ1) is 9.71. The molecule has 0 spiro atoms. The van der Waals surface area contributed by atoms with E-state index in [9.17, 15) is 0 Å². The van der Waals surface area contributed by atoms with Crippen LogP contribution in [0.2, 0.25) is 0 Å². The average Bonchev–Trinajstić information content (AvgIpc) is 2.28. The fourth-order valence-electron chi connectivity index (χ4n) is 1.47. The van der Waals surface area contributed by atoms with Crippen LogP contribution in [-0.2, 0) is 6.54 Å². The summed E-state index contributed by atoms with van der Waals surface area (Å²) in [5, 5.41) is 3.35. The van der Waals surface area contributed by atoms with Gasteiger partial charge in [0.25, 0.3) is 0 Å². The molecule has 2 rings (SSSR count). The number of hydrogen-bond acceptors (Lipinski definition) is 2. The fourth-order valence-corrected chi connectivity index (χ4v) is 1.47. The molecule has 1 aromatic heterocycles. The number of aromatic nitrogens is 1. The molecule has 1 heterocycles. The van der Waals surface area contributed by atoms with E-state index in [1.54, 1.807) is 0 Å². The number of nitrogens with zero attached hydrogens (tertiary/aromatic N) is 1. The van der Waals surface area contributed by atoms with Crippen molar-refractivity contribution in [2.75, 3.05) is 5.32 Å². The predicted molar refractivity (Wildman–Crippen MR) is 62.7 cm³/mol. The highest BCUT2D eigenvalue weighted by Crippen LogP contribution is 2.08. The van der Waals surface area contributed by atoms with Gasteiger partial charge in [0.05, 0.1) is 0 Å².